The number of nitrogens with zero attached hydrogens (tertiary/aromatic N) is 4. The zero-order valence-electron chi connectivity index (χ0n) is 17.4. The molecule has 0 fully saturated rings. The Morgan fingerprint density at radius 3 is 2.81 bits per heavy atom. The summed E-state index contributed by atoms with van der Waals surface area (Å²) in [6.07, 6.45) is 2.89. The van der Waals surface area contributed by atoms with Gasteiger partial charge in [0, 0.05) is 23.7 Å². The van der Waals surface area contributed by atoms with Crippen molar-refractivity contribution in [2.75, 3.05) is 27.2 Å². The third-order valence-corrected chi connectivity index (χ3v) is 5.38. The van der Waals surface area contributed by atoms with Gasteiger partial charge >= 0.3 is 0 Å². The highest BCUT2D eigenvalue weighted by Gasteiger charge is 2.31. The maximum atomic E-state index is 13.4. The van der Waals surface area contributed by atoms with Crippen LogP contribution in [0.25, 0.3) is 22.0 Å². The van der Waals surface area contributed by atoms with Gasteiger partial charge in [-0.2, -0.15) is 10.2 Å². The van der Waals surface area contributed by atoms with Gasteiger partial charge in [0.2, 0.25) is 5.78 Å². The Morgan fingerprint density at radius 1 is 1.19 bits per heavy atom. The van der Waals surface area contributed by atoms with Gasteiger partial charge in [-0.15, -0.1) is 0 Å². The first-order valence-corrected chi connectivity index (χ1v) is 10.2. The SMILES string of the molecule is CN(C)CCn1nc(C(=O)[C@@H]2COc3ccccc3O2)c2ccc(-c3cn[nH]c3)cc21. The molecule has 1 aliphatic heterocycles. The van der Waals surface area contributed by atoms with Gasteiger partial charge in [-0.3, -0.25) is 14.6 Å². The summed E-state index contributed by atoms with van der Waals surface area (Å²) in [5.41, 5.74) is 3.30. The van der Waals surface area contributed by atoms with E-state index in [2.05, 4.69) is 15.1 Å². The second kappa shape index (κ2) is 7.88. The maximum absolute atomic E-state index is 13.4. The molecule has 0 unspecified atom stereocenters. The van der Waals surface area contributed by atoms with Crippen molar-refractivity contribution in [2.24, 2.45) is 0 Å². The van der Waals surface area contributed by atoms with Gasteiger partial charge in [0.25, 0.3) is 0 Å². The summed E-state index contributed by atoms with van der Waals surface area (Å²) in [6.45, 7) is 1.63. The number of H-pyrrole nitrogens is 1. The van der Waals surface area contributed by atoms with E-state index in [9.17, 15) is 4.79 Å². The first-order valence-electron chi connectivity index (χ1n) is 10.2. The fourth-order valence-corrected chi connectivity index (χ4v) is 3.71. The molecule has 0 radical (unpaired) electrons. The van der Waals surface area contributed by atoms with Crippen LogP contribution in [0.2, 0.25) is 0 Å². The number of ether oxygens (including phenoxy) is 2. The van der Waals surface area contributed by atoms with E-state index in [0.29, 0.717) is 23.7 Å². The highest BCUT2D eigenvalue weighted by Crippen LogP contribution is 2.33. The molecule has 2 aromatic heterocycles. The number of Topliss-reactive ketones (excluding diaryl/α,β-unsaturated/α-hetero) is 1. The van der Waals surface area contributed by atoms with Crippen LogP contribution in [-0.2, 0) is 6.54 Å². The van der Waals surface area contributed by atoms with Crippen LogP contribution in [-0.4, -0.2) is 64.0 Å². The lowest BCUT2D eigenvalue weighted by Crippen LogP contribution is -2.37. The second-order valence-corrected chi connectivity index (χ2v) is 7.82. The molecular formula is C23H23N5O3. The van der Waals surface area contributed by atoms with E-state index in [0.717, 1.165) is 28.6 Å². The van der Waals surface area contributed by atoms with Crippen LogP contribution in [0.15, 0.2) is 54.9 Å². The molecule has 0 spiro atoms. The van der Waals surface area contributed by atoms with Crippen molar-refractivity contribution in [3.05, 3.63) is 60.6 Å². The molecule has 31 heavy (non-hydrogen) atoms. The van der Waals surface area contributed by atoms with Crippen LogP contribution in [0.3, 0.4) is 0 Å². The Kier molecular flexibility index (Phi) is 4.91. The number of para-hydroxylation sites is 2. The number of likely N-dealkylation sites (N-methyl/N-ethyl adjacent to an activating group) is 1. The summed E-state index contributed by atoms with van der Waals surface area (Å²) in [5, 5.41) is 12.4. The first kappa shape index (κ1) is 19.3. The summed E-state index contributed by atoms with van der Waals surface area (Å²) >= 11 is 0. The molecule has 0 aliphatic carbocycles. The largest absolute Gasteiger partial charge is 0.485 e. The number of rotatable bonds is 6. The van der Waals surface area contributed by atoms with E-state index >= 15 is 0 Å². The lowest BCUT2D eigenvalue weighted by molar-refractivity contribution is 0.0581. The number of hydrogen-bond acceptors (Lipinski definition) is 6. The topological polar surface area (TPSA) is 85.3 Å². The minimum Gasteiger partial charge on any atom is -0.485 e. The predicted molar refractivity (Wildman–Crippen MR) is 117 cm³/mol. The van der Waals surface area contributed by atoms with Crippen molar-refractivity contribution >= 4 is 16.7 Å². The van der Waals surface area contributed by atoms with Crippen molar-refractivity contribution in [1.82, 2.24) is 24.9 Å². The summed E-state index contributed by atoms with van der Waals surface area (Å²) in [7, 11) is 4.03. The number of fused-ring (bicyclic) bond motifs is 2. The molecule has 0 saturated carbocycles. The molecule has 1 N–H and O–H groups in total. The normalized spacial score (nSPS) is 15.5. The smallest absolute Gasteiger partial charge is 0.227 e. The third-order valence-electron chi connectivity index (χ3n) is 5.38. The highest BCUT2D eigenvalue weighted by atomic mass is 16.6. The van der Waals surface area contributed by atoms with Gasteiger partial charge in [-0.25, -0.2) is 0 Å². The minimum absolute atomic E-state index is 0.162. The average molecular weight is 417 g/mol. The van der Waals surface area contributed by atoms with Gasteiger partial charge in [0.05, 0.1) is 18.3 Å². The van der Waals surface area contributed by atoms with Crippen molar-refractivity contribution in [3.8, 4) is 22.6 Å². The molecule has 0 amide bonds. The van der Waals surface area contributed by atoms with Crippen LogP contribution in [0.4, 0.5) is 0 Å². The molecular weight excluding hydrogens is 394 g/mol. The summed E-state index contributed by atoms with van der Waals surface area (Å²) in [5.74, 6) is 1.04. The van der Waals surface area contributed by atoms with Crippen LogP contribution in [0, 0.1) is 0 Å². The van der Waals surface area contributed by atoms with Crippen molar-refractivity contribution < 1.29 is 14.3 Å². The van der Waals surface area contributed by atoms with E-state index in [1.165, 1.54) is 0 Å². The molecule has 3 heterocycles. The molecule has 158 valence electrons. The van der Waals surface area contributed by atoms with Gasteiger partial charge in [-0.05, 0) is 43.9 Å². The molecule has 0 saturated heterocycles. The third kappa shape index (κ3) is 3.66. The zero-order valence-corrected chi connectivity index (χ0v) is 17.4. The summed E-state index contributed by atoms with van der Waals surface area (Å²) in [4.78, 5) is 15.5. The predicted octanol–water partition coefficient (Wildman–Crippen LogP) is 3.01. The molecule has 1 atom stereocenters. The number of aromatic amines is 1. The maximum Gasteiger partial charge on any atom is 0.227 e. The number of benzene rings is 2. The standard InChI is InChI=1S/C23H23N5O3/c1-27(2)9-10-28-18-11-15(16-12-24-25-13-16)7-8-17(18)22(26-28)23(29)21-14-30-19-5-3-4-6-20(19)31-21/h3-8,11-13,21H,9-10,14H2,1-2H3,(H,24,25)/t21-/m0/s1. The summed E-state index contributed by atoms with van der Waals surface area (Å²) in [6, 6.07) is 13.3. The number of ketones is 1. The Labute approximate surface area is 179 Å². The van der Waals surface area contributed by atoms with Gasteiger partial charge < -0.3 is 14.4 Å². The molecule has 4 aromatic rings. The van der Waals surface area contributed by atoms with E-state index < -0.39 is 6.10 Å². The van der Waals surface area contributed by atoms with E-state index in [1.807, 2.05) is 61.4 Å². The van der Waals surface area contributed by atoms with Crippen LogP contribution in [0.1, 0.15) is 10.5 Å². The van der Waals surface area contributed by atoms with Crippen LogP contribution in [0.5, 0.6) is 11.5 Å². The Morgan fingerprint density at radius 2 is 2.03 bits per heavy atom. The van der Waals surface area contributed by atoms with E-state index in [-0.39, 0.29) is 12.4 Å². The number of nitrogens with one attached hydrogen (secondary N) is 1. The first-order chi connectivity index (χ1) is 15.1. The molecule has 8 heteroatoms. The summed E-state index contributed by atoms with van der Waals surface area (Å²) < 4.78 is 13.6. The van der Waals surface area contributed by atoms with Crippen molar-refractivity contribution in [1.29, 1.82) is 0 Å². The minimum atomic E-state index is -0.733. The molecule has 2 aromatic carbocycles. The molecule has 5 rings (SSSR count). The lowest BCUT2D eigenvalue weighted by Gasteiger charge is -2.24. The Bertz CT molecular complexity index is 1230. The van der Waals surface area contributed by atoms with E-state index in [1.54, 1.807) is 12.3 Å². The number of hydrogen-bond donors (Lipinski definition) is 1. The number of carbonyl (C=O) groups excluding carboxylic acids is 1. The fraction of sp³-hybridized carbons (Fsp3) is 0.261. The van der Waals surface area contributed by atoms with Crippen molar-refractivity contribution in [3.63, 3.8) is 0 Å². The Balaban J connectivity index is 1.52. The monoisotopic (exact) mass is 417 g/mol. The van der Waals surface area contributed by atoms with E-state index in [4.69, 9.17) is 14.6 Å². The lowest BCUT2D eigenvalue weighted by atomic mass is 10.0. The molecule has 0 bridgehead atoms. The fourth-order valence-electron chi connectivity index (χ4n) is 3.71. The number of aromatic nitrogens is 4. The Hall–Kier alpha value is -3.65. The quantitative estimate of drug-likeness (QED) is 0.486. The van der Waals surface area contributed by atoms with Crippen molar-refractivity contribution in [2.45, 2.75) is 12.6 Å². The van der Waals surface area contributed by atoms with Gasteiger partial charge in [-0.1, -0.05) is 18.2 Å². The van der Waals surface area contributed by atoms with Gasteiger partial charge in [0.15, 0.2) is 17.6 Å². The number of carbonyl (C=O) groups is 1. The zero-order chi connectivity index (χ0) is 21.4. The average Bonchev–Trinajstić information content (AvgIpc) is 3.45. The van der Waals surface area contributed by atoms with Crippen LogP contribution < -0.4 is 9.47 Å². The van der Waals surface area contributed by atoms with Gasteiger partial charge in [0.1, 0.15) is 12.3 Å². The second-order valence-electron chi connectivity index (χ2n) is 7.82. The molecule has 1 aliphatic rings. The van der Waals surface area contributed by atoms with Crippen LogP contribution >= 0.6 is 0 Å². The highest BCUT2D eigenvalue weighted by molar-refractivity contribution is 6.09. The molecule has 8 nitrogen and oxygen atoms in total.